The zero-order valence-corrected chi connectivity index (χ0v) is 6.54. The standard InChI is InChI=1S/C6H13NOS/c1-9-7-6-3-2-4-8-5-6/h6-7H,2-5H2,1H3. The van der Waals surface area contributed by atoms with Gasteiger partial charge in [-0.3, -0.25) is 4.72 Å². The Kier molecular flexibility index (Phi) is 3.40. The third-order valence-corrected chi connectivity index (χ3v) is 2.01. The molecular formula is C6H13NOS. The van der Waals surface area contributed by atoms with Gasteiger partial charge >= 0.3 is 0 Å². The van der Waals surface area contributed by atoms with Crippen molar-refractivity contribution in [2.24, 2.45) is 0 Å². The molecule has 0 bridgehead atoms. The second-order valence-corrected chi connectivity index (χ2v) is 2.88. The summed E-state index contributed by atoms with van der Waals surface area (Å²) in [5.41, 5.74) is 0. The molecule has 0 aromatic rings. The van der Waals surface area contributed by atoms with Crippen LogP contribution in [0.2, 0.25) is 0 Å². The molecule has 1 saturated heterocycles. The van der Waals surface area contributed by atoms with Gasteiger partial charge in [0.05, 0.1) is 6.61 Å². The molecule has 54 valence electrons. The minimum Gasteiger partial charge on any atom is -0.380 e. The number of nitrogens with one attached hydrogen (secondary N) is 1. The van der Waals surface area contributed by atoms with E-state index < -0.39 is 0 Å². The number of hydrogen-bond donors (Lipinski definition) is 1. The third-order valence-electron chi connectivity index (χ3n) is 1.44. The maximum absolute atomic E-state index is 5.26. The molecule has 1 N–H and O–H groups in total. The molecule has 0 spiro atoms. The Morgan fingerprint density at radius 2 is 2.56 bits per heavy atom. The summed E-state index contributed by atoms with van der Waals surface area (Å²) in [5, 5.41) is 0. The molecule has 1 atom stereocenters. The predicted octanol–water partition coefficient (Wildman–Crippen LogP) is 1.03. The molecule has 1 unspecified atom stereocenters. The normalized spacial score (nSPS) is 28.3. The SMILES string of the molecule is CSNC1CCCOC1. The maximum Gasteiger partial charge on any atom is 0.0628 e. The third kappa shape index (κ3) is 2.56. The molecule has 1 heterocycles. The fourth-order valence-electron chi connectivity index (χ4n) is 1.00. The van der Waals surface area contributed by atoms with Gasteiger partial charge < -0.3 is 4.74 Å². The molecule has 1 fully saturated rings. The Morgan fingerprint density at radius 1 is 1.67 bits per heavy atom. The lowest BCUT2D eigenvalue weighted by Crippen LogP contribution is -2.32. The van der Waals surface area contributed by atoms with Crippen LogP contribution in [0, 0.1) is 0 Å². The molecule has 0 aliphatic carbocycles. The van der Waals surface area contributed by atoms with Gasteiger partial charge in [-0.25, -0.2) is 0 Å². The first kappa shape index (κ1) is 7.38. The Labute approximate surface area is 60.5 Å². The molecule has 3 heteroatoms. The molecule has 0 radical (unpaired) electrons. The van der Waals surface area contributed by atoms with Gasteiger partial charge in [0, 0.05) is 12.6 Å². The number of ether oxygens (including phenoxy) is 1. The van der Waals surface area contributed by atoms with Crippen LogP contribution in [0.3, 0.4) is 0 Å². The zero-order valence-electron chi connectivity index (χ0n) is 5.72. The summed E-state index contributed by atoms with van der Waals surface area (Å²) in [6.07, 6.45) is 4.52. The van der Waals surface area contributed by atoms with Gasteiger partial charge in [0.2, 0.25) is 0 Å². The second kappa shape index (κ2) is 4.14. The van der Waals surface area contributed by atoms with Gasteiger partial charge in [0.25, 0.3) is 0 Å². The van der Waals surface area contributed by atoms with Crippen molar-refractivity contribution in [3.8, 4) is 0 Å². The monoisotopic (exact) mass is 147 g/mol. The van der Waals surface area contributed by atoms with Crippen molar-refractivity contribution < 1.29 is 4.74 Å². The van der Waals surface area contributed by atoms with E-state index in [1.807, 2.05) is 0 Å². The van der Waals surface area contributed by atoms with Crippen LogP contribution >= 0.6 is 11.9 Å². The van der Waals surface area contributed by atoms with Crippen LogP contribution in [0.1, 0.15) is 12.8 Å². The summed E-state index contributed by atoms with van der Waals surface area (Å²) in [6, 6.07) is 0.591. The van der Waals surface area contributed by atoms with Crippen LogP contribution in [0.25, 0.3) is 0 Å². The summed E-state index contributed by atoms with van der Waals surface area (Å²) in [7, 11) is 0. The highest BCUT2D eigenvalue weighted by atomic mass is 32.2. The van der Waals surface area contributed by atoms with Gasteiger partial charge in [0.1, 0.15) is 0 Å². The van der Waals surface area contributed by atoms with E-state index in [0.29, 0.717) is 6.04 Å². The van der Waals surface area contributed by atoms with Crippen molar-refractivity contribution in [1.29, 1.82) is 0 Å². The molecule has 9 heavy (non-hydrogen) atoms. The molecule has 2 nitrogen and oxygen atoms in total. The van der Waals surface area contributed by atoms with E-state index >= 15 is 0 Å². The van der Waals surface area contributed by atoms with Crippen molar-refractivity contribution in [1.82, 2.24) is 4.72 Å². The van der Waals surface area contributed by atoms with Crippen LogP contribution in [0.4, 0.5) is 0 Å². The van der Waals surface area contributed by atoms with E-state index in [4.69, 9.17) is 4.74 Å². The van der Waals surface area contributed by atoms with E-state index in [-0.39, 0.29) is 0 Å². The summed E-state index contributed by atoms with van der Waals surface area (Å²) in [4.78, 5) is 0. The lowest BCUT2D eigenvalue weighted by molar-refractivity contribution is 0.0783. The first-order valence-electron chi connectivity index (χ1n) is 3.29. The summed E-state index contributed by atoms with van der Waals surface area (Å²) >= 11 is 1.68. The highest BCUT2D eigenvalue weighted by molar-refractivity contribution is 7.96. The van der Waals surface area contributed by atoms with Crippen molar-refractivity contribution in [2.75, 3.05) is 19.5 Å². The Morgan fingerprint density at radius 3 is 3.11 bits per heavy atom. The topological polar surface area (TPSA) is 21.3 Å². The van der Waals surface area contributed by atoms with Crippen LogP contribution in [-0.2, 0) is 4.74 Å². The van der Waals surface area contributed by atoms with Crippen molar-refractivity contribution >= 4 is 11.9 Å². The molecule has 1 rings (SSSR count). The molecule has 0 amide bonds. The Balaban J connectivity index is 2.08. The lowest BCUT2D eigenvalue weighted by Gasteiger charge is -2.21. The number of rotatable bonds is 2. The van der Waals surface area contributed by atoms with Crippen molar-refractivity contribution in [2.45, 2.75) is 18.9 Å². The summed E-state index contributed by atoms with van der Waals surface area (Å²) < 4.78 is 8.53. The van der Waals surface area contributed by atoms with Gasteiger partial charge in [-0.05, 0) is 19.1 Å². The van der Waals surface area contributed by atoms with E-state index in [9.17, 15) is 0 Å². The quantitative estimate of drug-likeness (QED) is 0.589. The predicted molar refractivity (Wildman–Crippen MR) is 40.5 cm³/mol. The van der Waals surface area contributed by atoms with Gasteiger partial charge in [-0.15, -0.1) is 0 Å². The first-order valence-corrected chi connectivity index (χ1v) is 4.52. The van der Waals surface area contributed by atoms with Crippen LogP contribution < -0.4 is 4.72 Å². The van der Waals surface area contributed by atoms with Gasteiger partial charge in [0.15, 0.2) is 0 Å². The minimum atomic E-state index is 0.591. The van der Waals surface area contributed by atoms with E-state index in [2.05, 4.69) is 11.0 Å². The van der Waals surface area contributed by atoms with Crippen LogP contribution in [-0.4, -0.2) is 25.5 Å². The van der Waals surface area contributed by atoms with Gasteiger partial charge in [-0.2, -0.15) is 0 Å². The van der Waals surface area contributed by atoms with Crippen molar-refractivity contribution in [3.05, 3.63) is 0 Å². The minimum absolute atomic E-state index is 0.591. The van der Waals surface area contributed by atoms with Crippen LogP contribution in [0.5, 0.6) is 0 Å². The van der Waals surface area contributed by atoms with Crippen LogP contribution in [0.15, 0.2) is 0 Å². The molecule has 0 aromatic carbocycles. The summed E-state index contributed by atoms with van der Waals surface area (Å²) in [6.45, 7) is 1.84. The largest absolute Gasteiger partial charge is 0.380 e. The lowest BCUT2D eigenvalue weighted by atomic mass is 10.1. The van der Waals surface area contributed by atoms with E-state index in [0.717, 1.165) is 13.2 Å². The average molecular weight is 147 g/mol. The fourth-order valence-corrected chi connectivity index (χ4v) is 1.52. The molecule has 1 aliphatic rings. The zero-order chi connectivity index (χ0) is 6.53. The molecule has 0 aromatic heterocycles. The average Bonchev–Trinajstić information content (AvgIpc) is 1.91. The highest BCUT2D eigenvalue weighted by Crippen LogP contribution is 2.07. The maximum atomic E-state index is 5.26. The molecular weight excluding hydrogens is 134 g/mol. The van der Waals surface area contributed by atoms with Crippen molar-refractivity contribution in [3.63, 3.8) is 0 Å². The second-order valence-electron chi connectivity index (χ2n) is 2.24. The highest BCUT2D eigenvalue weighted by Gasteiger charge is 2.11. The first-order chi connectivity index (χ1) is 4.43. The smallest absolute Gasteiger partial charge is 0.0628 e. The summed E-state index contributed by atoms with van der Waals surface area (Å²) in [5.74, 6) is 0. The van der Waals surface area contributed by atoms with Gasteiger partial charge in [-0.1, -0.05) is 11.9 Å². The Hall–Kier alpha value is 0.270. The van der Waals surface area contributed by atoms with E-state index in [1.54, 1.807) is 11.9 Å². The molecule has 0 saturated carbocycles. The van der Waals surface area contributed by atoms with E-state index in [1.165, 1.54) is 12.8 Å². The fraction of sp³-hybridized carbons (Fsp3) is 1.00. The number of hydrogen-bond acceptors (Lipinski definition) is 3. The Bertz CT molecular complexity index is 70.7. The molecule has 1 aliphatic heterocycles.